The molecule has 3 nitrogen and oxygen atoms in total. The largest absolute Gasteiger partial charge is 0.573 e. The van der Waals surface area contributed by atoms with Gasteiger partial charge in [0.2, 0.25) is 5.78 Å². The predicted molar refractivity (Wildman–Crippen MR) is 63.0 cm³/mol. The van der Waals surface area contributed by atoms with Crippen LogP contribution in [0.25, 0.3) is 0 Å². The Morgan fingerprint density at radius 1 is 1.16 bits per heavy atom. The zero-order chi connectivity index (χ0) is 14.0. The van der Waals surface area contributed by atoms with E-state index in [0.29, 0.717) is 4.67 Å². The van der Waals surface area contributed by atoms with Gasteiger partial charge in [-0.3, -0.25) is 4.79 Å². The highest BCUT2D eigenvalue weighted by Gasteiger charge is 2.33. The summed E-state index contributed by atoms with van der Waals surface area (Å²) in [6.45, 7) is 0. The van der Waals surface area contributed by atoms with Crippen LogP contribution in [-0.2, 0) is 0 Å². The fourth-order valence-corrected chi connectivity index (χ4v) is 1.74. The molecule has 1 aromatic carbocycles. The van der Waals surface area contributed by atoms with Gasteiger partial charge in [-0.1, -0.05) is 12.1 Å². The van der Waals surface area contributed by atoms with Crippen molar-refractivity contribution in [2.24, 2.45) is 0 Å². The van der Waals surface area contributed by atoms with Gasteiger partial charge in [0, 0.05) is 0 Å². The van der Waals surface area contributed by atoms with Crippen LogP contribution >= 0.6 is 15.9 Å². The second-order valence-electron chi connectivity index (χ2n) is 3.48. The normalized spacial score (nSPS) is 11.4. The molecule has 0 fully saturated rings. The Hall–Kier alpha value is -1.76. The Kier molecular flexibility index (Phi) is 3.66. The van der Waals surface area contributed by atoms with Gasteiger partial charge in [0.25, 0.3) is 0 Å². The number of carbonyl (C=O) groups excluding carboxylic acids is 1. The average Bonchev–Trinajstić information content (AvgIpc) is 2.74. The van der Waals surface area contributed by atoms with Crippen LogP contribution < -0.4 is 4.74 Å². The second-order valence-corrected chi connectivity index (χ2v) is 4.26. The van der Waals surface area contributed by atoms with Crippen LogP contribution in [0.4, 0.5) is 13.2 Å². The molecule has 1 heterocycles. The van der Waals surface area contributed by atoms with Crippen molar-refractivity contribution in [3.63, 3.8) is 0 Å². The fourth-order valence-electron chi connectivity index (χ4n) is 1.44. The number of ketones is 1. The van der Waals surface area contributed by atoms with Crippen LogP contribution in [0.3, 0.4) is 0 Å². The lowest BCUT2D eigenvalue weighted by atomic mass is 10.1. The summed E-state index contributed by atoms with van der Waals surface area (Å²) in [4.78, 5) is 12.0. The van der Waals surface area contributed by atoms with E-state index >= 15 is 0 Å². The molecule has 19 heavy (non-hydrogen) atoms. The molecule has 0 amide bonds. The van der Waals surface area contributed by atoms with Crippen LogP contribution in [0, 0.1) is 0 Å². The zero-order valence-electron chi connectivity index (χ0n) is 9.20. The molecule has 0 saturated carbocycles. The first kappa shape index (κ1) is 13.7. The van der Waals surface area contributed by atoms with E-state index in [1.165, 1.54) is 30.3 Å². The molecule has 0 saturated heterocycles. The minimum atomic E-state index is -4.86. The summed E-state index contributed by atoms with van der Waals surface area (Å²) in [6, 6.07) is 7.92. The first-order chi connectivity index (χ1) is 8.87. The number of para-hydroxylation sites is 1. The van der Waals surface area contributed by atoms with Gasteiger partial charge in [-0.2, -0.15) is 0 Å². The third kappa shape index (κ3) is 3.37. The SMILES string of the molecule is O=C(c1ccc(Br)o1)c1ccccc1OC(F)(F)F. The summed E-state index contributed by atoms with van der Waals surface area (Å²) in [5.41, 5.74) is -0.221. The minimum Gasteiger partial charge on any atom is -0.446 e. The number of alkyl halides is 3. The van der Waals surface area contributed by atoms with E-state index in [1.807, 2.05) is 0 Å². The summed E-state index contributed by atoms with van der Waals surface area (Å²) < 4.78 is 45.8. The molecule has 0 N–H and O–H groups in total. The minimum absolute atomic E-state index is 0.0786. The number of hydrogen-bond donors (Lipinski definition) is 0. The summed E-state index contributed by atoms with van der Waals surface area (Å²) >= 11 is 3.01. The highest BCUT2D eigenvalue weighted by atomic mass is 79.9. The molecule has 2 aromatic rings. The molecular weight excluding hydrogens is 329 g/mol. The molecular formula is C12H6BrF3O3. The van der Waals surface area contributed by atoms with E-state index in [0.717, 1.165) is 6.07 Å². The second kappa shape index (κ2) is 5.08. The Morgan fingerprint density at radius 2 is 1.84 bits per heavy atom. The molecule has 0 radical (unpaired) electrons. The molecule has 0 aliphatic rings. The number of ether oxygens (including phenoxy) is 1. The van der Waals surface area contributed by atoms with Gasteiger partial charge in [-0.25, -0.2) is 0 Å². The van der Waals surface area contributed by atoms with Crippen molar-refractivity contribution in [3.8, 4) is 5.75 Å². The van der Waals surface area contributed by atoms with Crippen LogP contribution in [0.1, 0.15) is 16.1 Å². The highest BCUT2D eigenvalue weighted by molar-refractivity contribution is 9.10. The number of furan rings is 1. The third-order valence-electron chi connectivity index (χ3n) is 2.15. The zero-order valence-corrected chi connectivity index (χ0v) is 10.8. The van der Waals surface area contributed by atoms with Gasteiger partial charge in [-0.05, 0) is 40.2 Å². The summed E-state index contributed by atoms with van der Waals surface area (Å²) in [5.74, 6) is -1.33. The van der Waals surface area contributed by atoms with E-state index < -0.39 is 17.9 Å². The Bertz CT molecular complexity index is 604. The summed E-state index contributed by atoms with van der Waals surface area (Å²) in [5, 5.41) is 0. The van der Waals surface area contributed by atoms with Crippen molar-refractivity contribution >= 4 is 21.7 Å². The monoisotopic (exact) mass is 334 g/mol. The first-order valence-electron chi connectivity index (χ1n) is 5.01. The molecule has 0 atom stereocenters. The van der Waals surface area contributed by atoms with E-state index in [4.69, 9.17) is 4.42 Å². The molecule has 0 aliphatic carbocycles. The molecule has 0 bridgehead atoms. The van der Waals surface area contributed by atoms with Crippen LogP contribution in [0.15, 0.2) is 45.5 Å². The van der Waals surface area contributed by atoms with Gasteiger partial charge in [0.15, 0.2) is 10.4 Å². The molecule has 0 spiro atoms. The van der Waals surface area contributed by atoms with E-state index in [9.17, 15) is 18.0 Å². The Labute approximate surface area is 114 Å². The lowest BCUT2D eigenvalue weighted by Crippen LogP contribution is -2.19. The third-order valence-corrected chi connectivity index (χ3v) is 2.58. The quantitative estimate of drug-likeness (QED) is 0.791. The molecule has 0 aliphatic heterocycles. The van der Waals surface area contributed by atoms with Crippen molar-refractivity contribution in [1.29, 1.82) is 0 Å². The topological polar surface area (TPSA) is 39.4 Å². The van der Waals surface area contributed by atoms with E-state index in [1.54, 1.807) is 0 Å². The summed E-state index contributed by atoms with van der Waals surface area (Å²) in [7, 11) is 0. The highest BCUT2D eigenvalue weighted by Crippen LogP contribution is 2.28. The molecule has 0 unspecified atom stereocenters. The fraction of sp³-hybridized carbons (Fsp3) is 0.0833. The van der Waals surface area contributed by atoms with Crippen molar-refractivity contribution < 1.29 is 27.1 Å². The van der Waals surface area contributed by atoms with Gasteiger partial charge in [0.1, 0.15) is 5.75 Å². The van der Waals surface area contributed by atoms with Crippen molar-refractivity contribution in [1.82, 2.24) is 0 Å². The molecule has 7 heteroatoms. The van der Waals surface area contributed by atoms with Gasteiger partial charge >= 0.3 is 6.36 Å². The lowest BCUT2D eigenvalue weighted by molar-refractivity contribution is -0.274. The van der Waals surface area contributed by atoms with Gasteiger partial charge in [-0.15, -0.1) is 13.2 Å². The molecule has 1 aromatic heterocycles. The summed E-state index contributed by atoms with van der Waals surface area (Å²) in [6.07, 6.45) is -4.86. The Balaban J connectivity index is 2.37. The maximum atomic E-state index is 12.2. The number of benzene rings is 1. The number of rotatable bonds is 3. The number of halogens is 4. The Morgan fingerprint density at radius 3 is 2.42 bits per heavy atom. The average molecular weight is 335 g/mol. The van der Waals surface area contributed by atoms with E-state index in [-0.39, 0.29) is 11.3 Å². The molecule has 2 rings (SSSR count). The van der Waals surface area contributed by atoms with Gasteiger partial charge in [0.05, 0.1) is 5.56 Å². The van der Waals surface area contributed by atoms with Crippen LogP contribution in [0.5, 0.6) is 5.75 Å². The maximum absolute atomic E-state index is 12.2. The van der Waals surface area contributed by atoms with Crippen molar-refractivity contribution in [3.05, 3.63) is 52.4 Å². The van der Waals surface area contributed by atoms with Crippen molar-refractivity contribution in [2.45, 2.75) is 6.36 Å². The smallest absolute Gasteiger partial charge is 0.446 e. The molecule has 100 valence electrons. The van der Waals surface area contributed by atoms with Crippen LogP contribution in [0.2, 0.25) is 0 Å². The van der Waals surface area contributed by atoms with E-state index in [2.05, 4.69) is 20.7 Å². The number of carbonyl (C=O) groups is 1. The van der Waals surface area contributed by atoms with Gasteiger partial charge < -0.3 is 9.15 Å². The first-order valence-corrected chi connectivity index (χ1v) is 5.81. The lowest BCUT2D eigenvalue weighted by Gasteiger charge is -2.11. The maximum Gasteiger partial charge on any atom is 0.573 e. The van der Waals surface area contributed by atoms with Crippen LogP contribution in [-0.4, -0.2) is 12.1 Å². The predicted octanol–water partition coefficient (Wildman–Crippen LogP) is 4.17. The standard InChI is InChI=1S/C12H6BrF3O3/c13-10-6-5-9(18-10)11(17)7-3-1-2-4-8(7)19-12(14,15)16/h1-6H. The van der Waals surface area contributed by atoms with Crippen molar-refractivity contribution in [2.75, 3.05) is 0 Å². The number of hydrogen-bond acceptors (Lipinski definition) is 3.